The van der Waals surface area contributed by atoms with Crippen LogP contribution in [0, 0.1) is 11.8 Å². The predicted molar refractivity (Wildman–Crippen MR) is 149 cm³/mol. The molecule has 3 aliphatic heterocycles. The van der Waals surface area contributed by atoms with Crippen molar-refractivity contribution in [2.24, 2.45) is 11.8 Å². The highest BCUT2D eigenvalue weighted by molar-refractivity contribution is 8.02. The second-order valence-electron chi connectivity index (χ2n) is 10.8. The van der Waals surface area contributed by atoms with Crippen molar-refractivity contribution in [2.75, 3.05) is 26.3 Å². The molecule has 4 rings (SSSR count). The van der Waals surface area contributed by atoms with Crippen LogP contribution in [0.3, 0.4) is 0 Å². The van der Waals surface area contributed by atoms with E-state index in [4.69, 9.17) is 4.74 Å². The molecule has 1 aromatic rings. The molecule has 1 N–H and O–H groups in total. The average molecular weight is 541 g/mol. The number of nitrogens with zero attached hydrogens (tertiary/aromatic N) is 2. The van der Waals surface area contributed by atoms with Crippen LogP contribution < -0.4 is 0 Å². The van der Waals surface area contributed by atoms with Crippen LogP contribution in [0.5, 0.6) is 0 Å². The Morgan fingerprint density at radius 1 is 1.18 bits per heavy atom. The Bertz CT molecular complexity index is 1050. The van der Waals surface area contributed by atoms with E-state index in [0.717, 1.165) is 18.4 Å². The summed E-state index contributed by atoms with van der Waals surface area (Å²) in [6.45, 7) is 11.2. The van der Waals surface area contributed by atoms with Gasteiger partial charge in [0.15, 0.2) is 0 Å². The fraction of sp³-hybridized carbons (Fsp3) is 0.567. The summed E-state index contributed by atoms with van der Waals surface area (Å²) in [5.41, 5.74) is 1.01. The Labute approximate surface area is 230 Å². The van der Waals surface area contributed by atoms with Crippen LogP contribution in [-0.2, 0) is 25.7 Å². The smallest absolute Gasteiger partial charge is 0.311 e. The number of likely N-dealkylation sites (tertiary alicyclic amines) is 1. The monoisotopic (exact) mass is 540 g/mol. The number of fused-ring (bicyclic) bond motifs is 1. The molecule has 3 fully saturated rings. The van der Waals surface area contributed by atoms with E-state index in [2.05, 4.69) is 20.1 Å². The van der Waals surface area contributed by atoms with E-state index in [9.17, 15) is 19.5 Å². The van der Waals surface area contributed by atoms with Crippen molar-refractivity contribution in [3.05, 3.63) is 61.2 Å². The maximum atomic E-state index is 14.4. The molecule has 2 bridgehead atoms. The van der Waals surface area contributed by atoms with Crippen LogP contribution in [0.15, 0.2) is 55.6 Å². The molecule has 7 nitrogen and oxygen atoms in total. The van der Waals surface area contributed by atoms with Gasteiger partial charge in [-0.05, 0) is 51.0 Å². The van der Waals surface area contributed by atoms with Gasteiger partial charge in [0.1, 0.15) is 6.04 Å². The summed E-state index contributed by atoms with van der Waals surface area (Å²) >= 11 is 1.66. The number of amides is 2. The average Bonchev–Trinajstić information content (AvgIpc) is 3.47. The fourth-order valence-electron chi connectivity index (χ4n) is 6.57. The van der Waals surface area contributed by atoms with Gasteiger partial charge in [0.05, 0.1) is 23.2 Å². The summed E-state index contributed by atoms with van der Waals surface area (Å²) in [6.07, 6.45) is 7.54. The quantitative estimate of drug-likeness (QED) is 0.218. The van der Waals surface area contributed by atoms with Gasteiger partial charge in [-0.25, -0.2) is 0 Å². The SMILES string of the molecule is C=CCCOC(=O)[C@H]1[C@H]2C(=O)N(CCCCCO)C(C(=O)N(CC=C)Cc3ccccc3)C23CC[C@]1(C)S3. The largest absolute Gasteiger partial charge is 0.465 e. The van der Waals surface area contributed by atoms with Gasteiger partial charge in [0.25, 0.3) is 0 Å². The molecule has 3 saturated heterocycles. The standard InChI is InChI=1S/C30H40N2O5S/c1-4-6-20-37-28(36)24-23-26(34)32(18-11-8-12-19-33)25(30(23)16-15-29(24,3)38-30)27(35)31(17-5-2)21-22-13-9-7-10-14-22/h4-5,7,9-10,13-14,23-25,33H,1-2,6,8,11-12,15-21H2,3H3/t23-,24+,25?,29-,30?/m0/s1. The minimum absolute atomic E-state index is 0.0933. The van der Waals surface area contributed by atoms with Crippen molar-refractivity contribution < 1.29 is 24.2 Å². The summed E-state index contributed by atoms with van der Waals surface area (Å²) < 4.78 is 4.50. The molecule has 1 aromatic carbocycles. The molecular formula is C30H40N2O5S. The number of hydrogen-bond donors (Lipinski definition) is 1. The van der Waals surface area contributed by atoms with Gasteiger partial charge >= 0.3 is 5.97 Å². The van der Waals surface area contributed by atoms with Crippen LogP contribution in [0.2, 0.25) is 0 Å². The summed E-state index contributed by atoms with van der Waals surface area (Å²) in [7, 11) is 0. The van der Waals surface area contributed by atoms with Gasteiger partial charge in [-0.1, -0.05) is 42.5 Å². The third-order valence-electron chi connectivity index (χ3n) is 8.27. The molecule has 0 radical (unpaired) electrons. The molecular weight excluding hydrogens is 500 g/mol. The Kier molecular flexibility index (Phi) is 9.04. The first-order valence-corrected chi connectivity index (χ1v) is 14.5. The number of thioether (sulfide) groups is 1. The number of esters is 1. The maximum Gasteiger partial charge on any atom is 0.311 e. The first kappa shape index (κ1) is 28.4. The number of unbranched alkanes of at least 4 members (excludes halogenated alkanes) is 2. The zero-order valence-electron chi connectivity index (χ0n) is 22.3. The number of aliphatic hydroxyl groups excluding tert-OH is 1. The lowest BCUT2D eigenvalue weighted by molar-refractivity contribution is -0.155. The molecule has 38 heavy (non-hydrogen) atoms. The zero-order valence-corrected chi connectivity index (χ0v) is 23.2. The number of ether oxygens (including phenoxy) is 1. The van der Waals surface area contributed by atoms with Gasteiger partial charge in [-0.15, -0.1) is 24.9 Å². The van der Waals surface area contributed by atoms with E-state index >= 15 is 0 Å². The van der Waals surface area contributed by atoms with E-state index in [0.29, 0.717) is 45.3 Å². The summed E-state index contributed by atoms with van der Waals surface area (Å²) in [5.74, 6) is -1.73. The van der Waals surface area contributed by atoms with Gasteiger partial charge in [-0.2, -0.15) is 0 Å². The molecule has 2 amide bonds. The number of carbonyl (C=O) groups is 3. The molecule has 2 unspecified atom stereocenters. The number of carbonyl (C=O) groups excluding carboxylic acids is 3. The minimum atomic E-state index is -0.669. The highest BCUT2D eigenvalue weighted by Gasteiger charge is 2.77. The van der Waals surface area contributed by atoms with E-state index in [1.54, 1.807) is 33.7 Å². The molecule has 5 atom stereocenters. The minimum Gasteiger partial charge on any atom is -0.465 e. The van der Waals surface area contributed by atoms with Crippen LogP contribution >= 0.6 is 11.8 Å². The topological polar surface area (TPSA) is 87.1 Å². The third-order valence-corrected chi connectivity index (χ3v) is 10.3. The second kappa shape index (κ2) is 12.1. The molecule has 0 saturated carbocycles. The van der Waals surface area contributed by atoms with E-state index < -0.39 is 27.4 Å². The van der Waals surface area contributed by atoms with Gasteiger partial charge in [0.2, 0.25) is 11.8 Å². The molecule has 0 aromatic heterocycles. The van der Waals surface area contributed by atoms with Crippen LogP contribution in [0.25, 0.3) is 0 Å². The first-order chi connectivity index (χ1) is 18.3. The van der Waals surface area contributed by atoms with E-state index in [-0.39, 0.29) is 31.0 Å². The second-order valence-corrected chi connectivity index (χ2v) is 12.7. The Morgan fingerprint density at radius 2 is 1.95 bits per heavy atom. The maximum absolute atomic E-state index is 14.4. The van der Waals surface area contributed by atoms with Crippen molar-refractivity contribution >= 4 is 29.5 Å². The van der Waals surface area contributed by atoms with Crippen LogP contribution in [0.4, 0.5) is 0 Å². The lowest BCUT2D eigenvalue weighted by Crippen LogP contribution is -2.54. The first-order valence-electron chi connectivity index (χ1n) is 13.7. The number of hydrogen-bond acceptors (Lipinski definition) is 6. The summed E-state index contributed by atoms with van der Waals surface area (Å²) in [4.78, 5) is 45.4. The lowest BCUT2D eigenvalue weighted by atomic mass is 9.66. The number of benzene rings is 1. The predicted octanol–water partition coefficient (Wildman–Crippen LogP) is 3.96. The van der Waals surface area contributed by atoms with Crippen molar-refractivity contribution in [1.82, 2.24) is 9.80 Å². The summed E-state index contributed by atoms with van der Waals surface area (Å²) in [5, 5.41) is 9.24. The van der Waals surface area contributed by atoms with Crippen molar-refractivity contribution in [3.63, 3.8) is 0 Å². The van der Waals surface area contributed by atoms with Gasteiger partial charge in [0, 0.05) is 31.0 Å². The van der Waals surface area contributed by atoms with Crippen molar-refractivity contribution in [3.8, 4) is 0 Å². The molecule has 3 heterocycles. The normalized spacial score (nSPS) is 29.3. The number of rotatable bonds is 14. The lowest BCUT2D eigenvalue weighted by Gasteiger charge is -2.37. The summed E-state index contributed by atoms with van der Waals surface area (Å²) in [6, 6.07) is 9.16. The molecule has 1 spiro atoms. The molecule has 206 valence electrons. The highest BCUT2D eigenvalue weighted by atomic mass is 32.2. The fourth-order valence-corrected chi connectivity index (χ4v) is 8.91. The van der Waals surface area contributed by atoms with E-state index in [1.807, 2.05) is 30.3 Å². The Balaban J connectivity index is 1.68. The van der Waals surface area contributed by atoms with Crippen molar-refractivity contribution in [2.45, 2.75) is 67.5 Å². The third kappa shape index (κ3) is 5.17. The van der Waals surface area contributed by atoms with E-state index in [1.165, 1.54) is 0 Å². The molecule has 3 aliphatic rings. The van der Waals surface area contributed by atoms with Crippen molar-refractivity contribution in [1.29, 1.82) is 0 Å². The Hall–Kier alpha value is -2.58. The zero-order chi connectivity index (χ0) is 27.3. The number of aliphatic hydroxyl groups is 1. The van der Waals surface area contributed by atoms with Gasteiger partial charge in [-0.3, -0.25) is 14.4 Å². The molecule has 0 aliphatic carbocycles. The van der Waals surface area contributed by atoms with Crippen LogP contribution in [-0.4, -0.2) is 74.5 Å². The van der Waals surface area contributed by atoms with Gasteiger partial charge < -0.3 is 19.6 Å². The highest BCUT2D eigenvalue weighted by Crippen LogP contribution is 2.71. The Morgan fingerprint density at radius 3 is 2.63 bits per heavy atom. The van der Waals surface area contributed by atoms with Crippen LogP contribution in [0.1, 0.15) is 51.0 Å². The molecule has 8 heteroatoms.